The first-order valence-corrected chi connectivity index (χ1v) is 7.21. The predicted octanol–water partition coefficient (Wildman–Crippen LogP) is 3.85. The van der Waals surface area contributed by atoms with E-state index in [2.05, 4.69) is 0 Å². The lowest BCUT2D eigenvalue weighted by atomic mass is 9.90. The summed E-state index contributed by atoms with van der Waals surface area (Å²) in [5.74, 6) is 2.30. The Labute approximate surface area is 113 Å². The van der Waals surface area contributed by atoms with Crippen LogP contribution >= 0.6 is 0 Å². The third-order valence-electron chi connectivity index (χ3n) is 3.99. The second-order valence-corrected chi connectivity index (χ2v) is 5.37. The first-order chi connectivity index (χ1) is 9.38. The highest BCUT2D eigenvalue weighted by atomic mass is 16.5. The number of fused-ring (bicyclic) bond motifs is 1. The topological polar surface area (TPSA) is 48.4 Å². The standard InChI is InChI=1S/C16H21NO2/c17-10-15-16(13-8-4-5-9-14(13)19-15)18-11-12-6-2-1-3-7-12/h4-5,8-9,12H,1-3,6-7,10-11,17H2. The Hall–Kier alpha value is -1.48. The highest BCUT2D eigenvalue weighted by Crippen LogP contribution is 2.34. The molecule has 1 heterocycles. The second kappa shape index (κ2) is 5.66. The smallest absolute Gasteiger partial charge is 0.169 e. The quantitative estimate of drug-likeness (QED) is 0.907. The number of ether oxygens (including phenoxy) is 1. The SMILES string of the molecule is NCc1oc2ccccc2c1OCC1CCCCC1. The van der Waals surface area contributed by atoms with E-state index < -0.39 is 0 Å². The maximum absolute atomic E-state index is 6.05. The summed E-state index contributed by atoms with van der Waals surface area (Å²) in [6, 6.07) is 7.97. The summed E-state index contributed by atoms with van der Waals surface area (Å²) >= 11 is 0. The fourth-order valence-corrected chi connectivity index (χ4v) is 2.92. The molecule has 2 N–H and O–H groups in total. The van der Waals surface area contributed by atoms with Crippen molar-refractivity contribution in [1.29, 1.82) is 0 Å². The lowest BCUT2D eigenvalue weighted by molar-refractivity contribution is 0.207. The molecular formula is C16H21NO2. The summed E-state index contributed by atoms with van der Waals surface area (Å²) in [6.45, 7) is 1.17. The summed E-state index contributed by atoms with van der Waals surface area (Å²) in [7, 11) is 0. The Bertz CT molecular complexity index is 541. The largest absolute Gasteiger partial charge is 0.489 e. The van der Waals surface area contributed by atoms with Gasteiger partial charge in [-0.05, 0) is 30.9 Å². The van der Waals surface area contributed by atoms with Crippen molar-refractivity contribution in [2.45, 2.75) is 38.6 Å². The molecule has 0 amide bonds. The average molecular weight is 259 g/mol. The van der Waals surface area contributed by atoms with E-state index in [0.29, 0.717) is 12.5 Å². The van der Waals surface area contributed by atoms with E-state index in [0.717, 1.165) is 29.1 Å². The van der Waals surface area contributed by atoms with E-state index in [1.807, 2.05) is 24.3 Å². The number of hydrogen-bond donors (Lipinski definition) is 1. The van der Waals surface area contributed by atoms with Gasteiger partial charge in [-0.3, -0.25) is 0 Å². The molecule has 0 aliphatic heterocycles. The van der Waals surface area contributed by atoms with Crippen LogP contribution in [0.25, 0.3) is 11.0 Å². The molecule has 3 nitrogen and oxygen atoms in total. The van der Waals surface area contributed by atoms with Gasteiger partial charge in [-0.25, -0.2) is 0 Å². The second-order valence-electron chi connectivity index (χ2n) is 5.37. The van der Waals surface area contributed by atoms with E-state index in [4.69, 9.17) is 14.9 Å². The minimum absolute atomic E-state index is 0.384. The van der Waals surface area contributed by atoms with Crippen molar-refractivity contribution >= 4 is 11.0 Å². The summed E-state index contributed by atoms with van der Waals surface area (Å²) in [5, 5.41) is 1.04. The molecule has 1 aromatic heterocycles. The van der Waals surface area contributed by atoms with Gasteiger partial charge in [-0.15, -0.1) is 0 Å². The zero-order chi connectivity index (χ0) is 13.1. The van der Waals surface area contributed by atoms with Crippen LogP contribution in [0.5, 0.6) is 5.75 Å². The van der Waals surface area contributed by atoms with Crippen LogP contribution in [0.4, 0.5) is 0 Å². The van der Waals surface area contributed by atoms with Crippen molar-refractivity contribution in [1.82, 2.24) is 0 Å². The Morgan fingerprint density at radius 3 is 2.74 bits per heavy atom. The molecule has 0 unspecified atom stereocenters. The monoisotopic (exact) mass is 259 g/mol. The highest BCUT2D eigenvalue weighted by molar-refractivity contribution is 5.85. The number of rotatable bonds is 4. The number of nitrogens with two attached hydrogens (primary N) is 1. The van der Waals surface area contributed by atoms with Crippen molar-refractivity contribution in [2.24, 2.45) is 11.7 Å². The van der Waals surface area contributed by atoms with Crippen molar-refractivity contribution in [3.05, 3.63) is 30.0 Å². The van der Waals surface area contributed by atoms with Crippen molar-refractivity contribution in [2.75, 3.05) is 6.61 Å². The van der Waals surface area contributed by atoms with Gasteiger partial charge < -0.3 is 14.9 Å². The molecular weight excluding hydrogens is 238 g/mol. The van der Waals surface area contributed by atoms with Gasteiger partial charge in [0.2, 0.25) is 0 Å². The van der Waals surface area contributed by atoms with Crippen LogP contribution in [0.15, 0.2) is 28.7 Å². The van der Waals surface area contributed by atoms with Crippen LogP contribution in [0.2, 0.25) is 0 Å². The number of furan rings is 1. The summed E-state index contributed by atoms with van der Waals surface area (Å²) in [4.78, 5) is 0. The zero-order valence-electron chi connectivity index (χ0n) is 11.2. The van der Waals surface area contributed by atoms with Crippen LogP contribution in [0, 0.1) is 5.92 Å². The fourth-order valence-electron chi connectivity index (χ4n) is 2.92. The Balaban J connectivity index is 1.78. The summed E-state index contributed by atoms with van der Waals surface area (Å²) in [6.07, 6.45) is 6.62. The number of benzene rings is 1. The van der Waals surface area contributed by atoms with Gasteiger partial charge in [0, 0.05) is 0 Å². The Morgan fingerprint density at radius 2 is 1.95 bits per heavy atom. The van der Waals surface area contributed by atoms with Crippen LogP contribution in [-0.2, 0) is 6.54 Å². The van der Waals surface area contributed by atoms with Gasteiger partial charge in [0.25, 0.3) is 0 Å². The summed E-state index contributed by atoms with van der Waals surface area (Å²) in [5.41, 5.74) is 6.61. The molecule has 0 radical (unpaired) electrons. The van der Waals surface area contributed by atoms with E-state index in [9.17, 15) is 0 Å². The predicted molar refractivity (Wildman–Crippen MR) is 76.2 cm³/mol. The zero-order valence-corrected chi connectivity index (χ0v) is 11.2. The van der Waals surface area contributed by atoms with Crippen LogP contribution in [-0.4, -0.2) is 6.61 Å². The van der Waals surface area contributed by atoms with E-state index in [-0.39, 0.29) is 0 Å². The Morgan fingerprint density at radius 1 is 1.16 bits per heavy atom. The Kier molecular flexibility index (Phi) is 3.74. The van der Waals surface area contributed by atoms with Crippen molar-refractivity contribution in [3.63, 3.8) is 0 Å². The normalized spacial score (nSPS) is 16.9. The molecule has 3 heteroatoms. The van der Waals surface area contributed by atoms with Crippen molar-refractivity contribution < 1.29 is 9.15 Å². The average Bonchev–Trinajstić information content (AvgIpc) is 2.84. The fraction of sp³-hybridized carbons (Fsp3) is 0.500. The minimum Gasteiger partial charge on any atom is -0.489 e. The third-order valence-corrected chi connectivity index (χ3v) is 3.99. The molecule has 2 aromatic rings. The molecule has 1 aliphatic rings. The van der Waals surface area contributed by atoms with E-state index in [1.165, 1.54) is 32.1 Å². The lowest BCUT2D eigenvalue weighted by Crippen LogP contribution is -2.15. The van der Waals surface area contributed by atoms with Crippen LogP contribution < -0.4 is 10.5 Å². The molecule has 3 rings (SSSR count). The molecule has 0 atom stereocenters. The van der Waals surface area contributed by atoms with Gasteiger partial charge in [-0.1, -0.05) is 31.4 Å². The first kappa shape index (κ1) is 12.5. The highest BCUT2D eigenvalue weighted by Gasteiger charge is 2.18. The molecule has 1 fully saturated rings. The molecule has 1 aromatic carbocycles. The minimum atomic E-state index is 0.384. The molecule has 1 aliphatic carbocycles. The molecule has 102 valence electrons. The van der Waals surface area contributed by atoms with E-state index >= 15 is 0 Å². The third kappa shape index (κ3) is 2.61. The van der Waals surface area contributed by atoms with Gasteiger partial charge in [-0.2, -0.15) is 0 Å². The van der Waals surface area contributed by atoms with Crippen LogP contribution in [0.3, 0.4) is 0 Å². The summed E-state index contributed by atoms with van der Waals surface area (Å²) < 4.78 is 11.8. The van der Waals surface area contributed by atoms with E-state index in [1.54, 1.807) is 0 Å². The van der Waals surface area contributed by atoms with Gasteiger partial charge in [0.15, 0.2) is 11.5 Å². The van der Waals surface area contributed by atoms with Gasteiger partial charge in [0.1, 0.15) is 5.58 Å². The molecule has 19 heavy (non-hydrogen) atoms. The van der Waals surface area contributed by atoms with Crippen molar-refractivity contribution in [3.8, 4) is 5.75 Å². The van der Waals surface area contributed by atoms with Gasteiger partial charge >= 0.3 is 0 Å². The molecule has 1 saturated carbocycles. The number of hydrogen-bond acceptors (Lipinski definition) is 3. The molecule has 0 saturated heterocycles. The molecule has 0 spiro atoms. The molecule has 0 bridgehead atoms. The maximum Gasteiger partial charge on any atom is 0.169 e. The number of para-hydroxylation sites is 1. The van der Waals surface area contributed by atoms with Gasteiger partial charge in [0.05, 0.1) is 18.5 Å². The maximum atomic E-state index is 6.05. The van der Waals surface area contributed by atoms with Crippen LogP contribution in [0.1, 0.15) is 37.9 Å². The lowest BCUT2D eigenvalue weighted by Gasteiger charge is -2.21. The first-order valence-electron chi connectivity index (χ1n) is 7.21.